The Morgan fingerprint density at radius 3 is 2.59 bits per heavy atom. The quantitative estimate of drug-likeness (QED) is 0.832. The zero-order valence-electron chi connectivity index (χ0n) is 12.5. The van der Waals surface area contributed by atoms with E-state index in [-0.39, 0.29) is 6.42 Å². The van der Waals surface area contributed by atoms with Crippen LogP contribution in [0.5, 0.6) is 0 Å². The Balaban J connectivity index is 2.45. The average molecular weight is 325 g/mol. The third-order valence-corrected chi connectivity index (χ3v) is 4.37. The molecule has 0 spiro atoms. The fourth-order valence-corrected chi connectivity index (χ4v) is 2.68. The van der Waals surface area contributed by atoms with Crippen molar-refractivity contribution in [2.75, 3.05) is 0 Å². The highest BCUT2D eigenvalue weighted by Crippen LogP contribution is 2.32. The molecule has 3 amide bonds. The summed E-state index contributed by atoms with van der Waals surface area (Å²) in [4.78, 5) is 36.9. The van der Waals surface area contributed by atoms with Gasteiger partial charge in [-0.2, -0.15) is 0 Å². The number of amides is 3. The third-order valence-electron chi connectivity index (χ3n) is 3.94. The van der Waals surface area contributed by atoms with Crippen LogP contribution in [-0.2, 0) is 15.1 Å². The summed E-state index contributed by atoms with van der Waals surface area (Å²) in [5.41, 5.74) is 0.0385. The van der Waals surface area contributed by atoms with E-state index in [1.165, 1.54) is 0 Å². The highest BCUT2D eigenvalue weighted by atomic mass is 35.5. The normalized spacial score (nSPS) is 22.6. The second-order valence-electron chi connectivity index (χ2n) is 5.46. The van der Waals surface area contributed by atoms with E-state index in [1.54, 1.807) is 39.0 Å². The molecule has 0 aromatic heterocycles. The molecule has 0 aliphatic carbocycles. The van der Waals surface area contributed by atoms with Gasteiger partial charge < -0.3 is 10.4 Å². The third kappa shape index (κ3) is 2.43. The number of rotatable bonds is 4. The standard InChI is InChI=1S/C15H17ClN2O4/c1-4-11(12(19)20)18-13(21)15(3,17-14(18)22)9-5-6-10(16)8(2)7-9/h5-7,11H,4H2,1-3H3,(H,17,22)(H,19,20). The number of carbonyl (C=O) groups is 3. The lowest BCUT2D eigenvalue weighted by Gasteiger charge is -2.24. The van der Waals surface area contributed by atoms with Crippen molar-refractivity contribution in [1.29, 1.82) is 0 Å². The molecular formula is C15H17ClN2O4. The number of nitrogens with zero attached hydrogens (tertiary/aromatic N) is 1. The molecule has 6 nitrogen and oxygen atoms in total. The molecule has 1 aromatic carbocycles. The van der Waals surface area contributed by atoms with Crippen LogP contribution in [0.25, 0.3) is 0 Å². The van der Waals surface area contributed by atoms with Gasteiger partial charge in [0.15, 0.2) is 0 Å². The summed E-state index contributed by atoms with van der Waals surface area (Å²) < 4.78 is 0. The summed E-state index contributed by atoms with van der Waals surface area (Å²) in [6.45, 7) is 4.96. The number of urea groups is 1. The SMILES string of the molecule is CCC(C(=O)O)N1C(=O)NC(C)(c2ccc(Cl)c(C)c2)C1=O. The number of hydrogen-bond acceptors (Lipinski definition) is 3. The molecule has 2 atom stereocenters. The Labute approximate surface area is 133 Å². The maximum Gasteiger partial charge on any atom is 0.326 e. The maximum absolute atomic E-state index is 12.7. The predicted octanol–water partition coefficient (Wildman–Crippen LogP) is 2.28. The fourth-order valence-electron chi connectivity index (χ4n) is 2.56. The Morgan fingerprint density at radius 1 is 1.45 bits per heavy atom. The lowest BCUT2D eigenvalue weighted by Crippen LogP contribution is -2.46. The Hall–Kier alpha value is -2.08. The minimum Gasteiger partial charge on any atom is -0.480 e. The summed E-state index contributed by atoms with van der Waals surface area (Å²) in [6, 6.07) is 3.13. The van der Waals surface area contributed by atoms with Crippen molar-refractivity contribution in [3.05, 3.63) is 34.3 Å². The van der Waals surface area contributed by atoms with E-state index < -0.39 is 29.5 Å². The van der Waals surface area contributed by atoms with Gasteiger partial charge >= 0.3 is 12.0 Å². The molecule has 118 valence electrons. The average Bonchev–Trinajstić information content (AvgIpc) is 2.67. The van der Waals surface area contributed by atoms with Gasteiger partial charge in [0.1, 0.15) is 11.6 Å². The summed E-state index contributed by atoms with van der Waals surface area (Å²) in [7, 11) is 0. The van der Waals surface area contributed by atoms with Crippen LogP contribution in [0, 0.1) is 6.92 Å². The van der Waals surface area contributed by atoms with Crippen LogP contribution in [0.3, 0.4) is 0 Å². The van der Waals surface area contributed by atoms with Gasteiger partial charge in [-0.05, 0) is 37.5 Å². The largest absolute Gasteiger partial charge is 0.480 e. The molecule has 2 rings (SSSR count). The van der Waals surface area contributed by atoms with Crippen LogP contribution in [0.15, 0.2) is 18.2 Å². The van der Waals surface area contributed by atoms with Gasteiger partial charge in [-0.1, -0.05) is 30.7 Å². The predicted molar refractivity (Wildman–Crippen MR) is 80.6 cm³/mol. The summed E-state index contributed by atoms with van der Waals surface area (Å²) >= 11 is 5.98. The molecule has 2 N–H and O–H groups in total. The van der Waals surface area contributed by atoms with E-state index in [9.17, 15) is 19.5 Å². The number of carboxylic acid groups (broad SMARTS) is 1. The van der Waals surface area contributed by atoms with E-state index in [4.69, 9.17) is 11.6 Å². The molecule has 22 heavy (non-hydrogen) atoms. The van der Waals surface area contributed by atoms with E-state index in [2.05, 4.69) is 5.32 Å². The first-order valence-corrected chi connectivity index (χ1v) is 7.25. The molecule has 1 aliphatic heterocycles. The van der Waals surface area contributed by atoms with Crippen LogP contribution >= 0.6 is 11.6 Å². The Kier molecular flexibility index (Phi) is 4.15. The zero-order chi connectivity index (χ0) is 16.7. The van der Waals surface area contributed by atoms with Crippen molar-refractivity contribution in [3.8, 4) is 0 Å². The molecule has 1 aliphatic rings. The number of halogens is 1. The van der Waals surface area contributed by atoms with Crippen LogP contribution in [0.1, 0.15) is 31.4 Å². The van der Waals surface area contributed by atoms with Gasteiger partial charge in [0, 0.05) is 5.02 Å². The van der Waals surface area contributed by atoms with Gasteiger partial charge in [0.2, 0.25) is 0 Å². The number of hydrogen-bond donors (Lipinski definition) is 2. The first-order valence-electron chi connectivity index (χ1n) is 6.87. The molecule has 1 saturated heterocycles. The van der Waals surface area contributed by atoms with Gasteiger partial charge in [0.25, 0.3) is 5.91 Å². The second-order valence-corrected chi connectivity index (χ2v) is 5.86. The van der Waals surface area contributed by atoms with Crippen LogP contribution < -0.4 is 5.32 Å². The molecule has 0 radical (unpaired) electrons. The number of benzene rings is 1. The van der Waals surface area contributed by atoms with Gasteiger partial charge in [-0.15, -0.1) is 0 Å². The minimum atomic E-state index is -1.30. The highest BCUT2D eigenvalue weighted by molar-refractivity contribution is 6.31. The zero-order valence-corrected chi connectivity index (χ0v) is 13.3. The molecule has 0 bridgehead atoms. The topological polar surface area (TPSA) is 86.7 Å². The van der Waals surface area contributed by atoms with Crippen LogP contribution in [0.2, 0.25) is 5.02 Å². The first kappa shape index (κ1) is 16.3. The molecule has 0 saturated carbocycles. The number of carboxylic acids is 1. The highest BCUT2D eigenvalue weighted by Gasteiger charge is 2.52. The number of imide groups is 1. The van der Waals surface area contributed by atoms with Crippen molar-refractivity contribution >= 4 is 29.5 Å². The van der Waals surface area contributed by atoms with Gasteiger partial charge in [0.05, 0.1) is 0 Å². The number of aryl methyl sites for hydroxylation is 1. The summed E-state index contributed by atoms with van der Waals surface area (Å²) in [5.74, 6) is -1.78. The van der Waals surface area contributed by atoms with E-state index in [0.717, 1.165) is 10.5 Å². The summed E-state index contributed by atoms with van der Waals surface area (Å²) in [5, 5.41) is 12.3. The number of carbonyl (C=O) groups excluding carboxylic acids is 2. The fraction of sp³-hybridized carbons (Fsp3) is 0.400. The van der Waals surface area contributed by atoms with E-state index in [0.29, 0.717) is 10.6 Å². The van der Waals surface area contributed by atoms with Gasteiger partial charge in [-0.25, -0.2) is 14.5 Å². The molecule has 1 fully saturated rings. The smallest absolute Gasteiger partial charge is 0.326 e. The van der Waals surface area contributed by atoms with Crippen molar-refractivity contribution in [1.82, 2.24) is 10.2 Å². The lowest BCUT2D eigenvalue weighted by atomic mass is 9.90. The van der Waals surface area contributed by atoms with Crippen LogP contribution in [0.4, 0.5) is 4.79 Å². The molecule has 1 aromatic rings. The summed E-state index contributed by atoms with van der Waals surface area (Å²) in [6.07, 6.45) is 0.143. The molecular weight excluding hydrogens is 308 g/mol. The lowest BCUT2D eigenvalue weighted by molar-refractivity contribution is -0.147. The monoisotopic (exact) mass is 324 g/mol. The number of aliphatic carboxylic acids is 1. The van der Waals surface area contributed by atoms with Gasteiger partial charge in [-0.3, -0.25) is 4.79 Å². The minimum absolute atomic E-state index is 0.143. The molecule has 1 heterocycles. The molecule has 7 heteroatoms. The first-order chi connectivity index (χ1) is 10.2. The van der Waals surface area contributed by atoms with Crippen molar-refractivity contribution < 1.29 is 19.5 Å². The Bertz CT molecular complexity index is 661. The molecule has 2 unspecified atom stereocenters. The maximum atomic E-state index is 12.7. The second kappa shape index (κ2) is 5.61. The Morgan fingerprint density at radius 2 is 2.09 bits per heavy atom. The number of nitrogens with one attached hydrogen (secondary N) is 1. The van der Waals surface area contributed by atoms with Crippen molar-refractivity contribution in [3.63, 3.8) is 0 Å². The van der Waals surface area contributed by atoms with Crippen molar-refractivity contribution in [2.45, 2.75) is 38.8 Å². The van der Waals surface area contributed by atoms with E-state index >= 15 is 0 Å². The van der Waals surface area contributed by atoms with Crippen LogP contribution in [-0.4, -0.2) is 34.0 Å². The van der Waals surface area contributed by atoms with Crippen molar-refractivity contribution in [2.24, 2.45) is 0 Å². The van der Waals surface area contributed by atoms with E-state index in [1.807, 2.05) is 0 Å².